The van der Waals surface area contributed by atoms with E-state index in [-0.39, 0.29) is 11.2 Å². The van der Waals surface area contributed by atoms with Gasteiger partial charge in [-0.25, -0.2) is 4.39 Å². The summed E-state index contributed by atoms with van der Waals surface area (Å²) in [5.74, 6) is 0.558. The van der Waals surface area contributed by atoms with Gasteiger partial charge in [0.1, 0.15) is 5.82 Å². The van der Waals surface area contributed by atoms with Crippen LogP contribution in [0.1, 0.15) is 37.7 Å². The Hall–Kier alpha value is -0.600. The van der Waals surface area contributed by atoms with Crippen LogP contribution in [-0.4, -0.2) is 12.4 Å². The van der Waals surface area contributed by atoms with E-state index < -0.39 is 0 Å². The Balaban J connectivity index is 1.83. The Labute approximate surface area is 114 Å². The fourth-order valence-corrected chi connectivity index (χ4v) is 3.14. The monoisotopic (exact) mass is 269 g/mol. The maximum absolute atomic E-state index is 13.0. The zero-order valence-corrected chi connectivity index (χ0v) is 11.5. The minimum absolute atomic E-state index is 0.168. The summed E-state index contributed by atoms with van der Waals surface area (Å²) in [6.07, 6.45) is 6.34. The van der Waals surface area contributed by atoms with Gasteiger partial charge in [-0.3, -0.25) is 0 Å². The molecular weight excluding hydrogens is 249 g/mol. The first-order valence-corrected chi connectivity index (χ1v) is 7.29. The molecule has 1 saturated carbocycles. The van der Waals surface area contributed by atoms with Crippen molar-refractivity contribution >= 4 is 11.6 Å². The molecule has 1 aliphatic rings. The fourth-order valence-electron chi connectivity index (χ4n) is 2.78. The number of nitrogens with one attached hydrogen (secondary N) is 1. The molecule has 3 heteroatoms. The maximum atomic E-state index is 13.0. The van der Waals surface area contributed by atoms with E-state index in [0.717, 1.165) is 24.5 Å². The van der Waals surface area contributed by atoms with Crippen LogP contribution in [0.2, 0.25) is 0 Å². The zero-order valence-electron chi connectivity index (χ0n) is 10.7. The molecular formula is C15H21ClFN. The summed E-state index contributed by atoms with van der Waals surface area (Å²) in [7, 11) is 0. The number of benzene rings is 1. The van der Waals surface area contributed by atoms with Crippen LogP contribution in [0.3, 0.4) is 0 Å². The van der Waals surface area contributed by atoms with Crippen LogP contribution in [0.15, 0.2) is 24.3 Å². The smallest absolute Gasteiger partial charge is 0.123 e. The van der Waals surface area contributed by atoms with E-state index in [2.05, 4.69) is 5.32 Å². The van der Waals surface area contributed by atoms with Crippen molar-refractivity contribution in [1.29, 1.82) is 0 Å². The molecule has 0 saturated heterocycles. The average Bonchev–Trinajstić information content (AvgIpc) is 2.40. The molecule has 0 spiro atoms. The van der Waals surface area contributed by atoms with E-state index in [4.69, 9.17) is 11.6 Å². The van der Waals surface area contributed by atoms with Crippen LogP contribution in [0.4, 0.5) is 4.39 Å². The van der Waals surface area contributed by atoms with Crippen LogP contribution in [0.5, 0.6) is 0 Å². The molecule has 0 aromatic heterocycles. The molecule has 0 radical (unpaired) electrons. The van der Waals surface area contributed by atoms with Crippen LogP contribution in [0, 0.1) is 11.2 Å². The molecule has 0 amide bonds. The minimum atomic E-state index is -0.168. The predicted octanol–water partition coefficient (Wildman–Crippen LogP) is 4.10. The lowest BCUT2D eigenvalue weighted by Crippen LogP contribution is -2.37. The van der Waals surface area contributed by atoms with Gasteiger partial charge in [0, 0.05) is 19.0 Å². The van der Waals surface area contributed by atoms with Crippen molar-refractivity contribution in [2.24, 2.45) is 5.41 Å². The van der Waals surface area contributed by atoms with Crippen molar-refractivity contribution in [2.45, 2.75) is 38.6 Å². The van der Waals surface area contributed by atoms with Gasteiger partial charge in [-0.2, -0.15) is 0 Å². The lowest BCUT2D eigenvalue weighted by molar-refractivity contribution is 0.212. The molecule has 0 atom stereocenters. The second kappa shape index (κ2) is 6.53. The summed E-state index contributed by atoms with van der Waals surface area (Å²) in [4.78, 5) is 0. The molecule has 100 valence electrons. The molecule has 0 unspecified atom stereocenters. The largest absolute Gasteiger partial charge is 0.312 e. The second-order valence-electron chi connectivity index (χ2n) is 5.43. The summed E-state index contributed by atoms with van der Waals surface area (Å²) < 4.78 is 13.0. The van der Waals surface area contributed by atoms with Crippen LogP contribution >= 0.6 is 11.6 Å². The van der Waals surface area contributed by atoms with Gasteiger partial charge >= 0.3 is 0 Å². The van der Waals surface area contributed by atoms with Gasteiger partial charge in [-0.05, 0) is 36.0 Å². The highest BCUT2D eigenvalue weighted by Gasteiger charge is 2.30. The first-order valence-electron chi connectivity index (χ1n) is 6.75. The number of hydrogen-bond acceptors (Lipinski definition) is 1. The second-order valence-corrected chi connectivity index (χ2v) is 5.70. The lowest BCUT2D eigenvalue weighted by atomic mass is 9.75. The standard InChI is InChI=1S/C15H21ClFN/c16-11-15(7-2-1-3-8-15)12-18-10-13-5-4-6-14(17)9-13/h4-6,9,18H,1-3,7-8,10-12H2. The van der Waals surface area contributed by atoms with Gasteiger partial charge in [0.2, 0.25) is 0 Å². The van der Waals surface area contributed by atoms with E-state index >= 15 is 0 Å². The Morgan fingerprint density at radius 2 is 2.00 bits per heavy atom. The Bertz CT molecular complexity index is 375. The minimum Gasteiger partial charge on any atom is -0.312 e. The Kier molecular flexibility index (Phi) is 5.02. The first-order chi connectivity index (χ1) is 8.74. The number of rotatable bonds is 5. The average molecular weight is 270 g/mol. The predicted molar refractivity (Wildman–Crippen MR) is 74.3 cm³/mol. The van der Waals surface area contributed by atoms with Gasteiger partial charge in [0.15, 0.2) is 0 Å². The summed E-state index contributed by atoms with van der Waals surface area (Å²) in [6.45, 7) is 1.66. The third kappa shape index (κ3) is 3.69. The van der Waals surface area contributed by atoms with Crippen molar-refractivity contribution in [3.63, 3.8) is 0 Å². The number of alkyl halides is 1. The molecule has 18 heavy (non-hydrogen) atoms. The van der Waals surface area contributed by atoms with Crippen molar-refractivity contribution in [3.05, 3.63) is 35.6 Å². The summed E-state index contributed by atoms with van der Waals surface area (Å²) in [6, 6.07) is 6.76. The molecule has 0 aliphatic heterocycles. The van der Waals surface area contributed by atoms with E-state index in [1.165, 1.54) is 38.2 Å². The van der Waals surface area contributed by atoms with Crippen molar-refractivity contribution < 1.29 is 4.39 Å². The summed E-state index contributed by atoms with van der Waals surface area (Å²) in [5.41, 5.74) is 1.25. The topological polar surface area (TPSA) is 12.0 Å². The summed E-state index contributed by atoms with van der Waals surface area (Å²) in [5, 5.41) is 3.44. The van der Waals surface area contributed by atoms with Gasteiger partial charge in [0.25, 0.3) is 0 Å². The quantitative estimate of drug-likeness (QED) is 0.794. The fraction of sp³-hybridized carbons (Fsp3) is 0.600. The highest BCUT2D eigenvalue weighted by molar-refractivity contribution is 6.18. The van der Waals surface area contributed by atoms with Gasteiger partial charge in [-0.1, -0.05) is 31.4 Å². The maximum Gasteiger partial charge on any atom is 0.123 e. The third-order valence-corrected chi connectivity index (χ3v) is 4.48. The molecule has 1 aromatic carbocycles. The van der Waals surface area contributed by atoms with Gasteiger partial charge in [-0.15, -0.1) is 11.6 Å². The van der Waals surface area contributed by atoms with Crippen LogP contribution in [0.25, 0.3) is 0 Å². The molecule has 0 heterocycles. The molecule has 1 N–H and O–H groups in total. The van der Waals surface area contributed by atoms with Crippen LogP contribution in [-0.2, 0) is 6.54 Å². The molecule has 1 aromatic rings. The summed E-state index contributed by atoms with van der Waals surface area (Å²) >= 11 is 6.14. The van der Waals surface area contributed by atoms with E-state index in [1.807, 2.05) is 6.07 Å². The van der Waals surface area contributed by atoms with Crippen molar-refractivity contribution in [1.82, 2.24) is 5.32 Å². The number of halogens is 2. The Morgan fingerprint density at radius 1 is 1.22 bits per heavy atom. The molecule has 1 nitrogen and oxygen atoms in total. The molecule has 0 bridgehead atoms. The van der Waals surface area contributed by atoms with Crippen molar-refractivity contribution in [2.75, 3.05) is 12.4 Å². The van der Waals surface area contributed by atoms with E-state index in [0.29, 0.717) is 0 Å². The number of hydrogen-bond donors (Lipinski definition) is 1. The molecule has 2 rings (SSSR count). The van der Waals surface area contributed by atoms with Crippen LogP contribution < -0.4 is 5.32 Å². The lowest BCUT2D eigenvalue weighted by Gasteiger charge is -2.35. The van der Waals surface area contributed by atoms with E-state index in [9.17, 15) is 4.39 Å². The highest BCUT2D eigenvalue weighted by atomic mass is 35.5. The zero-order chi connectivity index (χ0) is 12.8. The van der Waals surface area contributed by atoms with Crippen molar-refractivity contribution in [3.8, 4) is 0 Å². The molecule has 1 aliphatic carbocycles. The van der Waals surface area contributed by atoms with E-state index in [1.54, 1.807) is 12.1 Å². The molecule has 1 fully saturated rings. The first kappa shape index (κ1) is 13.8. The van der Waals surface area contributed by atoms with Gasteiger partial charge < -0.3 is 5.32 Å². The van der Waals surface area contributed by atoms with Gasteiger partial charge in [0.05, 0.1) is 0 Å². The highest BCUT2D eigenvalue weighted by Crippen LogP contribution is 2.36. The SMILES string of the molecule is Fc1cccc(CNCC2(CCl)CCCCC2)c1. The third-order valence-electron chi connectivity index (χ3n) is 3.92. The normalized spacial score (nSPS) is 18.8. The Morgan fingerprint density at radius 3 is 2.67 bits per heavy atom.